The Labute approximate surface area is 195 Å². The Balaban J connectivity index is 1.63. The number of rotatable bonds is 8. The zero-order valence-electron chi connectivity index (χ0n) is 17.6. The molecule has 0 aliphatic heterocycles. The van der Waals surface area contributed by atoms with Crippen LogP contribution in [0, 0.1) is 11.8 Å². The van der Waals surface area contributed by atoms with Crippen molar-refractivity contribution in [2.24, 2.45) is 11.8 Å². The van der Waals surface area contributed by atoms with Crippen LogP contribution in [0.2, 0.25) is 0 Å². The molecule has 0 spiro atoms. The number of nitrogens with zero attached hydrogens (tertiary/aromatic N) is 1. The first-order chi connectivity index (χ1) is 15.4. The summed E-state index contributed by atoms with van der Waals surface area (Å²) in [5, 5.41) is 17.0. The fourth-order valence-electron chi connectivity index (χ4n) is 3.89. The third kappa shape index (κ3) is 7.05. The first kappa shape index (κ1) is 23.7. The summed E-state index contributed by atoms with van der Waals surface area (Å²) in [5.74, 6) is -0.430. The molecule has 1 atom stereocenters. The summed E-state index contributed by atoms with van der Waals surface area (Å²) < 4.78 is 0.818. The van der Waals surface area contributed by atoms with Gasteiger partial charge in [0.1, 0.15) is 6.04 Å². The topological polar surface area (TPSA) is 120 Å². The van der Waals surface area contributed by atoms with Crippen molar-refractivity contribution < 1.29 is 19.5 Å². The van der Waals surface area contributed by atoms with Gasteiger partial charge in [-0.15, -0.1) is 0 Å². The summed E-state index contributed by atoms with van der Waals surface area (Å²) in [6.45, 7) is 0.669. The molecule has 32 heavy (non-hydrogen) atoms. The summed E-state index contributed by atoms with van der Waals surface area (Å²) >= 11 is 3.43. The van der Waals surface area contributed by atoms with Gasteiger partial charge in [-0.2, -0.15) is 0 Å². The number of pyridine rings is 1. The van der Waals surface area contributed by atoms with Crippen LogP contribution in [-0.4, -0.2) is 34.5 Å². The SMILES string of the molecule is O=C(O)NCC1CCC(C(=O)NC(C(=O)NCc2ccccn2)c2cccc(Br)c2)CC1. The monoisotopic (exact) mass is 502 g/mol. The van der Waals surface area contributed by atoms with Crippen LogP contribution < -0.4 is 16.0 Å². The van der Waals surface area contributed by atoms with Crippen molar-refractivity contribution in [3.05, 3.63) is 64.4 Å². The Morgan fingerprint density at radius 3 is 2.50 bits per heavy atom. The van der Waals surface area contributed by atoms with E-state index in [-0.39, 0.29) is 30.2 Å². The molecule has 1 aromatic heterocycles. The summed E-state index contributed by atoms with van der Waals surface area (Å²) in [6, 6.07) is 12.0. The third-order valence-electron chi connectivity index (χ3n) is 5.66. The van der Waals surface area contributed by atoms with Crippen LogP contribution in [0.3, 0.4) is 0 Å². The Morgan fingerprint density at radius 2 is 1.84 bits per heavy atom. The van der Waals surface area contributed by atoms with Crippen molar-refractivity contribution in [1.29, 1.82) is 0 Å². The molecule has 1 aliphatic carbocycles. The number of hydrogen-bond donors (Lipinski definition) is 4. The van der Waals surface area contributed by atoms with E-state index in [2.05, 4.69) is 36.9 Å². The molecule has 1 fully saturated rings. The van der Waals surface area contributed by atoms with Crippen LogP contribution >= 0.6 is 15.9 Å². The van der Waals surface area contributed by atoms with E-state index in [9.17, 15) is 14.4 Å². The zero-order chi connectivity index (χ0) is 22.9. The molecule has 3 amide bonds. The third-order valence-corrected chi connectivity index (χ3v) is 6.15. The minimum atomic E-state index is -1.03. The van der Waals surface area contributed by atoms with Gasteiger partial charge in [-0.1, -0.05) is 34.1 Å². The van der Waals surface area contributed by atoms with Gasteiger partial charge in [0.2, 0.25) is 11.8 Å². The predicted molar refractivity (Wildman–Crippen MR) is 123 cm³/mol. The van der Waals surface area contributed by atoms with Gasteiger partial charge in [-0.3, -0.25) is 14.6 Å². The number of benzene rings is 1. The summed E-state index contributed by atoms with van der Waals surface area (Å²) in [5.41, 5.74) is 1.42. The number of aromatic nitrogens is 1. The summed E-state index contributed by atoms with van der Waals surface area (Å²) in [4.78, 5) is 40.9. The molecule has 4 N–H and O–H groups in total. The van der Waals surface area contributed by atoms with Crippen molar-refractivity contribution in [1.82, 2.24) is 20.9 Å². The number of halogens is 1. The largest absolute Gasteiger partial charge is 0.465 e. The maximum Gasteiger partial charge on any atom is 0.404 e. The van der Waals surface area contributed by atoms with Crippen LogP contribution in [-0.2, 0) is 16.1 Å². The molecule has 1 heterocycles. The minimum Gasteiger partial charge on any atom is -0.465 e. The molecule has 2 aromatic rings. The second-order valence-corrected chi connectivity index (χ2v) is 8.85. The summed E-state index contributed by atoms with van der Waals surface area (Å²) in [6.07, 6.45) is 3.50. The average Bonchev–Trinajstić information content (AvgIpc) is 2.80. The fourth-order valence-corrected chi connectivity index (χ4v) is 4.31. The highest BCUT2D eigenvalue weighted by Crippen LogP contribution is 2.29. The fraction of sp³-hybridized carbons (Fsp3) is 0.391. The number of amides is 3. The van der Waals surface area contributed by atoms with E-state index < -0.39 is 12.1 Å². The Kier molecular flexibility index (Phi) is 8.61. The van der Waals surface area contributed by atoms with Crippen LogP contribution in [0.4, 0.5) is 4.79 Å². The lowest BCUT2D eigenvalue weighted by Crippen LogP contribution is -2.43. The molecule has 8 nitrogen and oxygen atoms in total. The highest BCUT2D eigenvalue weighted by molar-refractivity contribution is 9.10. The van der Waals surface area contributed by atoms with Gasteiger partial charge in [0.15, 0.2) is 0 Å². The molecule has 1 aliphatic rings. The van der Waals surface area contributed by atoms with Crippen molar-refractivity contribution in [2.45, 2.75) is 38.3 Å². The molecular weight excluding hydrogens is 476 g/mol. The highest BCUT2D eigenvalue weighted by atomic mass is 79.9. The van der Waals surface area contributed by atoms with Gasteiger partial charge in [0.05, 0.1) is 12.2 Å². The standard InChI is InChI=1S/C23H27BrN4O4/c24-18-5-3-4-17(12-18)20(22(30)26-14-19-6-1-2-11-25-19)28-21(29)16-9-7-15(8-10-16)13-27-23(31)32/h1-6,11-12,15-16,20,27H,7-10,13-14H2,(H,26,30)(H,28,29)(H,31,32). The smallest absolute Gasteiger partial charge is 0.404 e. The Bertz CT molecular complexity index is 933. The molecule has 1 saturated carbocycles. The zero-order valence-corrected chi connectivity index (χ0v) is 19.2. The van der Waals surface area contributed by atoms with E-state index in [1.807, 2.05) is 42.5 Å². The molecule has 0 radical (unpaired) electrons. The van der Waals surface area contributed by atoms with Gasteiger partial charge in [0, 0.05) is 23.1 Å². The maximum absolute atomic E-state index is 13.0. The van der Waals surface area contributed by atoms with E-state index in [0.717, 1.165) is 23.0 Å². The number of carbonyl (C=O) groups is 3. The maximum atomic E-state index is 13.0. The van der Waals surface area contributed by atoms with E-state index >= 15 is 0 Å². The van der Waals surface area contributed by atoms with Crippen molar-refractivity contribution in [3.8, 4) is 0 Å². The predicted octanol–water partition coefficient (Wildman–Crippen LogP) is 3.39. The van der Waals surface area contributed by atoms with E-state index in [1.165, 1.54) is 0 Å². The molecule has 0 bridgehead atoms. The normalized spacial score (nSPS) is 18.9. The van der Waals surface area contributed by atoms with Crippen molar-refractivity contribution >= 4 is 33.8 Å². The highest BCUT2D eigenvalue weighted by Gasteiger charge is 2.30. The molecule has 170 valence electrons. The van der Waals surface area contributed by atoms with E-state index in [1.54, 1.807) is 6.20 Å². The molecular formula is C23H27BrN4O4. The van der Waals surface area contributed by atoms with Gasteiger partial charge in [-0.25, -0.2) is 4.79 Å². The molecule has 3 rings (SSSR count). The van der Waals surface area contributed by atoms with E-state index in [4.69, 9.17) is 5.11 Å². The first-order valence-corrected chi connectivity index (χ1v) is 11.4. The lowest BCUT2D eigenvalue weighted by molar-refractivity contribution is -0.132. The van der Waals surface area contributed by atoms with Crippen LogP contribution in [0.15, 0.2) is 53.1 Å². The number of carboxylic acid groups (broad SMARTS) is 1. The van der Waals surface area contributed by atoms with Crippen LogP contribution in [0.5, 0.6) is 0 Å². The molecule has 9 heteroatoms. The second kappa shape index (κ2) is 11.6. The number of hydrogen-bond acceptors (Lipinski definition) is 4. The van der Waals surface area contributed by atoms with Gasteiger partial charge in [-0.05, 0) is 61.4 Å². The molecule has 1 aromatic carbocycles. The lowest BCUT2D eigenvalue weighted by Gasteiger charge is -2.29. The lowest BCUT2D eigenvalue weighted by atomic mass is 9.81. The number of carbonyl (C=O) groups excluding carboxylic acids is 2. The first-order valence-electron chi connectivity index (χ1n) is 10.6. The molecule has 0 saturated heterocycles. The van der Waals surface area contributed by atoms with Crippen LogP contribution in [0.1, 0.15) is 43.0 Å². The minimum absolute atomic E-state index is 0.160. The Morgan fingerprint density at radius 1 is 1.06 bits per heavy atom. The van der Waals surface area contributed by atoms with Crippen molar-refractivity contribution in [2.75, 3.05) is 6.54 Å². The van der Waals surface area contributed by atoms with Crippen LogP contribution in [0.25, 0.3) is 0 Å². The second-order valence-electron chi connectivity index (χ2n) is 7.94. The quantitative estimate of drug-likeness (QED) is 0.440. The van der Waals surface area contributed by atoms with Gasteiger partial charge >= 0.3 is 6.09 Å². The molecule has 1 unspecified atom stereocenters. The van der Waals surface area contributed by atoms with Gasteiger partial charge < -0.3 is 21.1 Å². The summed E-state index contributed by atoms with van der Waals surface area (Å²) in [7, 11) is 0. The Hall–Kier alpha value is -2.94. The average molecular weight is 503 g/mol. The van der Waals surface area contributed by atoms with E-state index in [0.29, 0.717) is 24.9 Å². The van der Waals surface area contributed by atoms with Gasteiger partial charge in [0.25, 0.3) is 0 Å². The number of nitrogens with one attached hydrogen (secondary N) is 3. The van der Waals surface area contributed by atoms with Crippen molar-refractivity contribution in [3.63, 3.8) is 0 Å².